The van der Waals surface area contributed by atoms with E-state index >= 15 is 0 Å². The van der Waals surface area contributed by atoms with Crippen molar-refractivity contribution in [3.8, 4) is 0 Å². The lowest BCUT2D eigenvalue weighted by Crippen LogP contribution is -2.71. The van der Waals surface area contributed by atoms with E-state index in [2.05, 4.69) is 103 Å². The van der Waals surface area contributed by atoms with E-state index in [1.165, 1.54) is 38.5 Å². The molecule has 0 spiro atoms. The van der Waals surface area contributed by atoms with Gasteiger partial charge < -0.3 is 5.32 Å². The SMILES string of the molecule is CCC1CC1(C)NN(NC1CC1(C)CC)C1(NC2(CC)CC2C)C(C)C1(CC)NC1C(C)C1(C)C. The minimum atomic E-state index is -0.137. The monoisotopic (exact) mass is 487 g/mol. The molecule has 0 aromatic rings. The van der Waals surface area contributed by atoms with Crippen LogP contribution in [0.3, 0.4) is 0 Å². The molecule has 5 rings (SSSR count). The summed E-state index contributed by atoms with van der Waals surface area (Å²) in [5, 5.41) is 11.3. The second-order valence-corrected chi connectivity index (χ2v) is 14.9. The first-order valence-electron chi connectivity index (χ1n) is 15.2. The smallest absolute Gasteiger partial charge is 0.124 e. The molecule has 0 heterocycles. The van der Waals surface area contributed by atoms with E-state index in [0.29, 0.717) is 28.8 Å². The molecule has 0 aromatic heterocycles. The molecule has 202 valence electrons. The number of hydrogen-bond donors (Lipinski definition) is 4. The van der Waals surface area contributed by atoms with Gasteiger partial charge >= 0.3 is 0 Å². The second kappa shape index (κ2) is 7.91. The quantitative estimate of drug-likeness (QED) is 0.202. The van der Waals surface area contributed by atoms with E-state index in [0.717, 1.165) is 24.2 Å². The van der Waals surface area contributed by atoms with Gasteiger partial charge in [-0.15, -0.1) is 0 Å². The molecule has 0 saturated heterocycles. The van der Waals surface area contributed by atoms with Gasteiger partial charge in [0.2, 0.25) is 0 Å². The van der Waals surface area contributed by atoms with E-state index in [-0.39, 0.29) is 22.3 Å². The normalized spacial score (nSPS) is 55.2. The molecule has 0 aromatic carbocycles. The van der Waals surface area contributed by atoms with Crippen LogP contribution < -0.4 is 21.5 Å². The number of rotatable bonds is 13. The van der Waals surface area contributed by atoms with Gasteiger partial charge in [0.25, 0.3) is 0 Å². The zero-order valence-electron chi connectivity index (χ0n) is 24.9. The van der Waals surface area contributed by atoms with Crippen molar-refractivity contribution in [2.45, 2.75) is 155 Å². The Bertz CT molecular complexity index is 841. The molecule has 5 nitrogen and oxygen atoms in total. The van der Waals surface area contributed by atoms with E-state index in [1.54, 1.807) is 0 Å². The topological polar surface area (TPSA) is 51.4 Å². The van der Waals surface area contributed by atoms with Crippen LogP contribution in [-0.2, 0) is 0 Å². The average Bonchev–Trinajstić information content (AvgIpc) is 3.77. The lowest BCUT2D eigenvalue weighted by atomic mass is 10.1. The van der Waals surface area contributed by atoms with Crippen LogP contribution in [0.2, 0.25) is 0 Å². The first kappa shape index (κ1) is 26.4. The molecule has 11 unspecified atom stereocenters. The lowest BCUT2D eigenvalue weighted by molar-refractivity contribution is -0.0363. The van der Waals surface area contributed by atoms with Gasteiger partial charge in [0, 0.05) is 29.1 Å². The lowest BCUT2D eigenvalue weighted by Gasteiger charge is -2.43. The van der Waals surface area contributed by atoms with Crippen molar-refractivity contribution in [2.24, 2.45) is 34.5 Å². The zero-order chi connectivity index (χ0) is 25.8. The van der Waals surface area contributed by atoms with Gasteiger partial charge in [0.15, 0.2) is 0 Å². The predicted molar refractivity (Wildman–Crippen MR) is 146 cm³/mol. The van der Waals surface area contributed by atoms with Crippen LogP contribution in [0.5, 0.6) is 0 Å². The molecule has 0 aliphatic heterocycles. The summed E-state index contributed by atoms with van der Waals surface area (Å²) in [4.78, 5) is 0. The predicted octanol–water partition coefficient (Wildman–Crippen LogP) is 5.58. The third-order valence-electron chi connectivity index (χ3n) is 12.9. The van der Waals surface area contributed by atoms with Crippen LogP contribution in [0, 0.1) is 34.5 Å². The first-order chi connectivity index (χ1) is 16.3. The third-order valence-corrected chi connectivity index (χ3v) is 12.9. The number of hydrogen-bond acceptors (Lipinski definition) is 5. The first-order valence-corrected chi connectivity index (χ1v) is 15.2. The van der Waals surface area contributed by atoms with E-state index in [9.17, 15) is 0 Å². The molecule has 4 N–H and O–H groups in total. The Morgan fingerprint density at radius 2 is 1.49 bits per heavy atom. The molecule has 0 bridgehead atoms. The standard InChI is InChI=1S/C30H57N5/c1-12-22-17-27(22,11)34-35(32-23-18-26(23,10)13-2)30(33-28(14-3)16-19(28)5)21(7)29(30,15-4)31-24-20(6)25(24,8)9/h19-24,31-34H,12-18H2,1-11H3. The van der Waals surface area contributed by atoms with Crippen molar-refractivity contribution >= 4 is 0 Å². The summed E-state index contributed by atoms with van der Waals surface area (Å²) in [6, 6.07) is 1.14. The Morgan fingerprint density at radius 1 is 0.857 bits per heavy atom. The van der Waals surface area contributed by atoms with E-state index < -0.39 is 0 Å². The summed E-state index contributed by atoms with van der Waals surface area (Å²) in [5.74, 6) is 2.74. The Hall–Kier alpha value is -0.200. The van der Waals surface area contributed by atoms with Crippen molar-refractivity contribution in [1.29, 1.82) is 0 Å². The fourth-order valence-corrected chi connectivity index (χ4v) is 8.22. The highest BCUT2D eigenvalue weighted by atomic mass is 15.8. The molecule has 5 aliphatic rings. The molecule has 5 aliphatic carbocycles. The van der Waals surface area contributed by atoms with Crippen molar-refractivity contribution in [3.05, 3.63) is 0 Å². The molecule has 35 heavy (non-hydrogen) atoms. The van der Waals surface area contributed by atoms with Crippen molar-refractivity contribution < 1.29 is 0 Å². The third kappa shape index (κ3) is 3.65. The summed E-state index contributed by atoms with van der Waals surface area (Å²) >= 11 is 0. The molecule has 11 atom stereocenters. The van der Waals surface area contributed by atoms with Gasteiger partial charge in [-0.25, -0.2) is 10.9 Å². The second-order valence-electron chi connectivity index (χ2n) is 14.9. The van der Waals surface area contributed by atoms with Crippen LogP contribution in [-0.4, -0.2) is 39.5 Å². The molecular weight excluding hydrogens is 430 g/mol. The maximum absolute atomic E-state index is 4.42. The fraction of sp³-hybridized carbons (Fsp3) is 1.00. The van der Waals surface area contributed by atoms with Gasteiger partial charge in [-0.2, -0.15) is 5.12 Å². The van der Waals surface area contributed by atoms with Crippen LogP contribution in [0.25, 0.3) is 0 Å². The zero-order valence-corrected chi connectivity index (χ0v) is 24.9. The average molecular weight is 488 g/mol. The van der Waals surface area contributed by atoms with E-state index in [1.807, 2.05) is 0 Å². The van der Waals surface area contributed by atoms with Crippen LogP contribution in [0.4, 0.5) is 0 Å². The summed E-state index contributed by atoms with van der Waals surface area (Å²) in [5.41, 5.74) is 9.44. The number of hydrazine groups is 2. The summed E-state index contributed by atoms with van der Waals surface area (Å²) < 4.78 is 0. The van der Waals surface area contributed by atoms with Crippen molar-refractivity contribution in [3.63, 3.8) is 0 Å². The van der Waals surface area contributed by atoms with Gasteiger partial charge in [-0.05, 0) is 74.0 Å². The van der Waals surface area contributed by atoms with Crippen molar-refractivity contribution in [1.82, 2.24) is 26.6 Å². The molecule has 0 amide bonds. The van der Waals surface area contributed by atoms with Crippen LogP contribution in [0.1, 0.15) is 121 Å². The maximum Gasteiger partial charge on any atom is 0.124 e. The van der Waals surface area contributed by atoms with Crippen molar-refractivity contribution in [2.75, 3.05) is 0 Å². The Balaban J connectivity index is 1.51. The largest absolute Gasteiger partial charge is 0.304 e. The molecule has 5 heteroatoms. The van der Waals surface area contributed by atoms with Crippen LogP contribution >= 0.6 is 0 Å². The molecule has 5 saturated carbocycles. The molecule has 5 fully saturated rings. The molecular formula is C30H57N5. The van der Waals surface area contributed by atoms with Gasteiger partial charge in [-0.1, -0.05) is 75.7 Å². The van der Waals surface area contributed by atoms with Gasteiger partial charge in [0.1, 0.15) is 5.66 Å². The van der Waals surface area contributed by atoms with Crippen LogP contribution in [0.15, 0.2) is 0 Å². The molecule has 0 radical (unpaired) electrons. The highest BCUT2D eigenvalue weighted by Crippen LogP contribution is 2.65. The highest BCUT2D eigenvalue weighted by molar-refractivity contribution is 5.36. The minimum absolute atomic E-state index is 0.0502. The Morgan fingerprint density at radius 3 is 1.89 bits per heavy atom. The Kier molecular flexibility index (Phi) is 5.97. The summed E-state index contributed by atoms with van der Waals surface area (Å²) in [6.45, 7) is 26.7. The summed E-state index contributed by atoms with van der Waals surface area (Å²) in [7, 11) is 0. The summed E-state index contributed by atoms with van der Waals surface area (Å²) in [6.07, 6.45) is 8.67. The minimum Gasteiger partial charge on any atom is -0.304 e. The van der Waals surface area contributed by atoms with E-state index in [4.69, 9.17) is 0 Å². The number of nitrogens with one attached hydrogen (secondary N) is 4. The fourth-order valence-electron chi connectivity index (χ4n) is 8.22. The van der Waals surface area contributed by atoms with Gasteiger partial charge in [0.05, 0.1) is 5.54 Å². The maximum atomic E-state index is 4.42. The number of nitrogens with zero attached hydrogens (tertiary/aromatic N) is 1. The Labute approximate surface area is 216 Å². The van der Waals surface area contributed by atoms with Gasteiger partial charge in [-0.3, -0.25) is 5.32 Å². The highest BCUT2D eigenvalue weighted by Gasteiger charge is 2.82.